The lowest BCUT2D eigenvalue weighted by atomic mass is 10.0. The van der Waals surface area contributed by atoms with Gasteiger partial charge in [0.1, 0.15) is 0 Å². The minimum absolute atomic E-state index is 0.273. The molecule has 0 radical (unpaired) electrons. The fourth-order valence-electron chi connectivity index (χ4n) is 2.08. The van der Waals surface area contributed by atoms with Crippen molar-refractivity contribution in [2.24, 2.45) is 5.92 Å². The molecule has 0 bridgehead atoms. The summed E-state index contributed by atoms with van der Waals surface area (Å²) in [7, 11) is 1.41. The predicted molar refractivity (Wildman–Crippen MR) is 73.5 cm³/mol. The second-order valence-electron chi connectivity index (χ2n) is 4.79. The second kappa shape index (κ2) is 7.17. The molecule has 0 aliphatic rings. The van der Waals surface area contributed by atoms with Crippen molar-refractivity contribution in [2.45, 2.75) is 39.8 Å². The van der Waals surface area contributed by atoms with Gasteiger partial charge in [-0.1, -0.05) is 39.0 Å². The van der Waals surface area contributed by atoms with E-state index < -0.39 is 0 Å². The van der Waals surface area contributed by atoms with Crippen LogP contribution in [0.1, 0.15) is 43.1 Å². The fraction of sp³-hybridized carbons (Fsp3) is 0.533. The maximum Gasteiger partial charge on any atom is 0.338 e. The Morgan fingerprint density at radius 3 is 2.56 bits per heavy atom. The Bertz CT molecular complexity index is 388. The number of ether oxygens (including phenoxy) is 1. The van der Waals surface area contributed by atoms with Crippen molar-refractivity contribution < 1.29 is 9.53 Å². The van der Waals surface area contributed by atoms with Gasteiger partial charge in [-0.25, -0.2) is 4.79 Å². The van der Waals surface area contributed by atoms with Crippen molar-refractivity contribution in [3.05, 3.63) is 35.4 Å². The number of benzene rings is 1. The molecule has 1 aromatic rings. The summed E-state index contributed by atoms with van der Waals surface area (Å²) < 4.78 is 4.79. The molecule has 3 heteroatoms. The highest BCUT2D eigenvalue weighted by molar-refractivity contribution is 5.90. The van der Waals surface area contributed by atoms with E-state index in [1.165, 1.54) is 7.11 Å². The molecule has 0 aliphatic heterocycles. The summed E-state index contributed by atoms with van der Waals surface area (Å²) in [6.45, 7) is 7.27. The number of hydrogen-bond donors (Lipinski definition) is 1. The third kappa shape index (κ3) is 3.84. The van der Waals surface area contributed by atoms with Gasteiger partial charge < -0.3 is 10.1 Å². The molecule has 0 saturated heterocycles. The van der Waals surface area contributed by atoms with E-state index in [4.69, 9.17) is 4.74 Å². The van der Waals surface area contributed by atoms with Crippen LogP contribution in [0.15, 0.2) is 24.3 Å². The van der Waals surface area contributed by atoms with Crippen LogP contribution < -0.4 is 5.32 Å². The van der Waals surface area contributed by atoms with Crippen LogP contribution in [0.4, 0.5) is 0 Å². The molecule has 0 fully saturated rings. The van der Waals surface area contributed by atoms with Crippen molar-refractivity contribution in [3.63, 3.8) is 0 Å². The fourth-order valence-corrected chi connectivity index (χ4v) is 2.08. The van der Waals surface area contributed by atoms with Crippen LogP contribution in [0, 0.1) is 5.92 Å². The molecule has 3 nitrogen and oxygen atoms in total. The lowest BCUT2D eigenvalue weighted by Crippen LogP contribution is -2.33. The second-order valence-corrected chi connectivity index (χ2v) is 4.79. The molecule has 1 atom stereocenters. The summed E-state index contributed by atoms with van der Waals surface area (Å²) in [6, 6.07) is 8.04. The first kappa shape index (κ1) is 14.7. The lowest BCUT2D eigenvalue weighted by Gasteiger charge is -2.21. The van der Waals surface area contributed by atoms with Crippen molar-refractivity contribution in [3.8, 4) is 0 Å². The standard InChI is InChI=1S/C15H23NO2/c1-5-14(11(2)3)16-10-12-8-6-7-9-13(12)15(17)18-4/h6-9,11,14,16H,5,10H2,1-4H3. The molecule has 0 amide bonds. The predicted octanol–water partition coefficient (Wildman–Crippen LogP) is 3.00. The Hall–Kier alpha value is -1.35. The average Bonchev–Trinajstić information content (AvgIpc) is 2.38. The SMILES string of the molecule is CCC(NCc1ccccc1C(=O)OC)C(C)C. The highest BCUT2D eigenvalue weighted by Crippen LogP contribution is 2.12. The summed E-state index contributed by atoms with van der Waals surface area (Å²) in [4.78, 5) is 11.6. The first-order chi connectivity index (χ1) is 8.60. The smallest absolute Gasteiger partial charge is 0.338 e. The molecule has 0 aliphatic carbocycles. The third-order valence-corrected chi connectivity index (χ3v) is 3.22. The number of rotatable bonds is 6. The van der Waals surface area contributed by atoms with Crippen molar-refractivity contribution in [2.75, 3.05) is 7.11 Å². The number of nitrogens with one attached hydrogen (secondary N) is 1. The number of carbonyl (C=O) groups excluding carboxylic acids is 1. The van der Waals surface area contributed by atoms with Gasteiger partial charge >= 0.3 is 5.97 Å². The summed E-state index contributed by atoms with van der Waals surface area (Å²) in [5.74, 6) is 0.310. The molecule has 1 unspecified atom stereocenters. The van der Waals surface area contributed by atoms with Crippen LogP contribution in [0.25, 0.3) is 0 Å². The number of carbonyl (C=O) groups is 1. The summed E-state index contributed by atoms with van der Waals surface area (Å²) >= 11 is 0. The van der Waals surface area contributed by atoms with Crippen molar-refractivity contribution in [1.29, 1.82) is 0 Å². The maximum absolute atomic E-state index is 11.6. The van der Waals surface area contributed by atoms with Crippen LogP contribution in [0.3, 0.4) is 0 Å². The molecule has 0 saturated carbocycles. The average molecular weight is 249 g/mol. The molecule has 1 aromatic carbocycles. The lowest BCUT2D eigenvalue weighted by molar-refractivity contribution is 0.0599. The van der Waals surface area contributed by atoms with Gasteiger partial charge in [-0.05, 0) is 24.0 Å². The monoisotopic (exact) mass is 249 g/mol. The van der Waals surface area contributed by atoms with Crippen LogP contribution in [-0.4, -0.2) is 19.1 Å². The normalized spacial score (nSPS) is 12.5. The molecular formula is C15H23NO2. The Morgan fingerprint density at radius 2 is 2.00 bits per heavy atom. The first-order valence-electron chi connectivity index (χ1n) is 6.49. The molecular weight excluding hydrogens is 226 g/mol. The minimum Gasteiger partial charge on any atom is -0.465 e. The van der Waals surface area contributed by atoms with E-state index >= 15 is 0 Å². The van der Waals surface area contributed by atoms with Gasteiger partial charge in [0.2, 0.25) is 0 Å². The minimum atomic E-state index is -0.273. The third-order valence-electron chi connectivity index (χ3n) is 3.22. The van der Waals surface area contributed by atoms with E-state index in [-0.39, 0.29) is 5.97 Å². The van der Waals surface area contributed by atoms with E-state index in [2.05, 4.69) is 26.1 Å². The van der Waals surface area contributed by atoms with Crippen molar-refractivity contribution in [1.82, 2.24) is 5.32 Å². The Balaban J connectivity index is 2.75. The van der Waals surface area contributed by atoms with Gasteiger partial charge in [0.25, 0.3) is 0 Å². The van der Waals surface area contributed by atoms with Gasteiger partial charge in [-0.15, -0.1) is 0 Å². The molecule has 1 rings (SSSR count). The number of methoxy groups -OCH3 is 1. The van der Waals surface area contributed by atoms with Gasteiger partial charge in [-0.3, -0.25) is 0 Å². The molecule has 1 N–H and O–H groups in total. The van der Waals surface area contributed by atoms with E-state index in [1.807, 2.05) is 18.2 Å². The molecule has 0 spiro atoms. The quantitative estimate of drug-likeness (QED) is 0.788. The van der Waals surface area contributed by atoms with Crippen LogP contribution in [-0.2, 0) is 11.3 Å². The zero-order chi connectivity index (χ0) is 13.5. The Kier molecular flexibility index (Phi) is 5.86. The summed E-state index contributed by atoms with van der Waals surface area (Å²) in [5.41, 5.74) is 1.63. The number of hydrogen-bond acceptors (Lipinski definition) is 3. The summed E-state index contributed by atoms with van der Waals surface area (Å²) in [6.07, 6.45) is 1.08. The maximum atomic E-state index is 11.6. The van der Waals surface area contributed by atoms with E-state index in [0.717, 1.165) is 12.0 Å². The molecule has 18 heavy (non-hydrogen) atoms. The van der Waals surface area contributed by atoms with E-state index in [9.17, 15) is 4.79 Å². The van der Waals surface area contributed by atoms with Crippen molar-refractivity contribution >= 4 is 5.97 Å². The summed E-state index contributed by atoms with van der Waals surface area (Å²) in [5, 5.41) is 3.50. The topological polar surface area (TPSA) is 38.3 Å². The van der Waals surface area contributed by atoms with Gasteiger partial charge in [-0.2, -0.15) is 0 Å². The molecule has 0 heterocycles. The first-order valence-corrected chi connectivity index (χ1v) is 6.49. The van der Waals surface area contributed by atoms with E-state index in [0.29, 0.717) is 24.1 Å². The highest BCUT2D eigenvalue weighted by atomic mass is 16.5. The molecule has 100 valence electrons. The Labute approximate surface area is 110 Å². The van der Waals surface area contributed by atoms with Crippen LogP contribution >= 0.6 is 0 Å². The van der Waals surface area contributed by atoms with Gasteiger partial charge in [0, 0.05) is 12.6 Å². The molecule has 0 aromatic heterocycles. The van der Waals surface area contributed by atoms with E-state index in [1.54, 1.807) is 6.07 Å². The van der Waals surface area contributed by atoms with Gasteiger partial charge in [0.05, 0.1) is 12.7 Å². The van der Waals surface area contributed by atoms with Gasteiger partial charge in [0.15, 0.2) is 0 Å². The largest absolute Gasteiger partial charge is 0.465 e. The van der Waals surface area contributed by atoms with Crippen LogP contribution in [0.2, 0.25) is 0 Å². The zero-order valence-electron chi connectivity index (χ0n) is 11.7. The highest BCUT2D eigenvalue weighted by Gasteiger charge is 2.14. The zero-order valence-corrected chi connectivity index (χ0v) is 11.7. The Morgan fingerprint density at radius 1 is 1.33 bits per heavy atom. The number of esters is 1. The van der Waals surface area contributed by atoms with Crippen LogP contribution in [0.5, 0.6) is 0 Å².